The first-order valence-electron chi connectivity index (χ1n) is 18.1. The number of anilines is 1. The highest BCUT2D eigenvalue weighted by Crippen LogP contribution is 2.48. The summed E-state index contributed by atoms with van der Waals surface area (Å²) in [6.07, 6.45) is 34.2. The molecule has 1 heterocycles. The first-order valence-corrected chi connectivity index (χ1v) is 19.3. The predicted molar refractivity (Wildman–Crippen MR) is 211 cm³/mol. The summed E-state index contributed by atoms with van der Waals surface area (Å²) < 4.78 is 2.01. The summed E-state index contributed by atoms with van der Waals surface area (Å²) >= 11 is 2.24. The molecule has 2 N–H and O–H groups in total. The maximum atomic E-state index is 11.5. The van der Waals surface area contributed by atoms with Crippen LogP contribution in [0.2, 0.25) is 0 Å². The molecular weight excluding hydrogens is 693 g/mol. The van der Waals surface area contributed by atoms with Crippen LogP contribution in [0, 0.1) is 0 Å². The van der Waals surface area contributed by atoms with Gasteiger partial charge in [-0.25, -0.2) is 4.79 Å². The number of hydrogen-bond acceptors (Lipinski definition) is 3. The first kappa shape index (κ1) is 38.6. The Morgan fingerprint density at radius 1 is 0.745 bits per heavy atom. The third-order valence-electron chi connectivity index (χ3n) is 9.42. The Bertz CT molecular complexity index is 1370. The number of rotatable bonds is 22. The highest BCUT2D eigenvalue weighted by Gasteiger charge is 2.39. The van der Waals surface area contributed by atoms with Crippen LogP contribution in [0.1, 0.15) is 151 Å². The van der Waals surface area contributed by atoms with Gasteiger partial charge in [-0.3, -0.25) is 0 Å². The fraction of sp³-hybridized carbons (Fsp3) is 0.500. The van der Waals surface area contributed by atoms with E-state index in [4.69, 9.17) is 0 Å². The smallest absolute Gasteiger partial charge is 0.339 e. The summed E-state index contributed by atoms with van der Waals surface area (Å²) in [4.78, 5) is 14.0. The van der Waals surface area contributed by atoms with E-state index in [1.807, 2.05) is 22.3 Å². The van der Waals surface area contributed by atoms with Crippen LogP contribution < -0.4 is 4.90 Å². The number of allylic oxidation sites excluding steroid dienone is 5. The van der Waals surface area contributed by atoms with Crippen LogP contribution in [0.25, 0.3) is 12.2 Å². The molecule has 0 aliphatic carbocycles. The quantitative estimate of drug-likeness (QED) is 0.0714. The summed E-state index contributed by atoms with van der Waals surface area (Å²) in [5, 5.41) is 19.3. The van der Waals surface area contributed by atoms with Crippen LogP contribution >= 0.6 is 22.6 Å². The second kappa shape index (κ2) is 21.2. The van der Waals surface area contributed by atoms with Crippen molar-refractivity contribution in [3.8, 4) is 5.75 Å². The van der Waals surface area contributed by atoms with Gasteiger partial charge in [-0.2, -0.15) is 0 Å². The lowest BCUT2D eigenvalue weighted by Gasteiger charge is -2.27. The van der Waals surface area contributed by atoms with Crippen molar-refractivity contribution in [2.24, 2.45) is 0 Å². The second-order valence-electron chi connectivity index (χ2n) is 13.5. The molecule has 0 spiro atoms. The zero-order chi connectivity index (χ0) is 33.9. The van der Waals surface area contributed by atoms with E-state index in [0.29, 0.717) is 0 Å². The van der Waals surface area contributed by atoms with Crippen molar-refractivity contribution in [1.82, 2.24) is 0 Å². The van der Waals surface area contributed by atoms with Crippen LogP contribution in [0.3, 0.4) is 0 Å². The van der Waals surface area contributed by atoms with Crippen molar-refractivity contribution < 1.29 is 15.0 Å². The standard InChI is InChI=1S/C42H58INO3/c1-4-5-6-7-8-9-10-11-12-13-14-15-16-17-18-21-31-44-38-28-26-35(23-19-20-30-43)33-37(38)42(2,3)40(44)25-22-24-34-27-29-39(45)36(32-34)41(46)47/h19-20,22-30,32-33,45H,4-18,21,31H2,1-3H3,(H,46,47)/b23-19-,24-22+,30-20-,40-25+. The Morgan fingerprint density at radius 3 is 1.85 bits per heavy atom. The normalized spacial score (nSPS) is 15.1. The van der Waals surface area contributed by atoms with Gasteiger partial charge >= 0.3 is 5.97 Å². The van der Waals surface area contributed by atoms with E-state index < -0.39 is 5.97 Å². The molecule has 0 amide bonds. The fourth-order valence-electron chi connectivity index (χ4n) is 6.64. The zero-order valence-electron chi connectivity index (χ0n) is 29.2. The Labute approximate surface area is 298 Å². The zero-order valence-corrected chi connectivity index (χ0v) is 31.3. The molecule has 0 bridgehead atoms. The molecule has 0 atom stereocenters. The van der Waals surface area contributed by atoms with Crippen LogP contribution in [0.5, 0.6) is 5.75 Å². The summed E-state index contributed by atoms with van der Waals surface area (Å²) in [5.74, 6) is -1.35. The number of hydrogen-bond donors (Lipinski definition) is 2. The van der Waals surface area contributed by atoms with Gasteiger partial charge in [0, 0.05) is 23.3 Å². The summed E-state index contributed by atoms with van der Waals surface area (Å²) in [6, 6.07) is 11.5. The third kappa shape index (κ3) is 12.6. The number of fused-ring (bicyclic) bond motifs is 1. The molecular formula is C42H58INO3. The molecule has 3 rings (SSSR count). The topological polar surface area (TPSA) is 60.8 Å². The number of carboxylic acids is 1. The molecule has 47 heavy (non-hydrogen) atoms. The lowest BCUT2D eigenvalue weighted by Crippen LogP contribution is -2.27. The maximum Gasteiger partial charge on any atom is 0.339 e. The molecule has 256 valence electrons. The van der Waals surface area contributed by atoms with E-state index in [-0.39, 0.29) is 16.7 Å². The number of phenols is 1. The van der Waals surface area contributed by atoms with Gasteiger partial charge in [-0.1, -0.05) is 182 Å². The number of aromatic carboxylic acids is 1. The minimum Gasteiger partial charge on any atom is -0.507 e. The number of carboxylic acid groups (broad SMARTS) is 1. The molecule has 0 saturated carbocycles. The molecule has 0 saturated heterocycles. The van der Waals surface area contributed by atoms with Crippen LogP contribution in [0.4, 0.5) is 5.69 Å². The Hall–Kier alpha value is -2.80. The van der Waals surface area contributed by atoms with Gasteiger partial charge in [0.15, 0.2) is 0 Å². The number of nitrogens with zero attached hydrogens (tertiary/aromatic N) is 1. The summed E-state index contributed by atoms with van der Waals surface area (Å²) in [7, 11) is 0. The second-order valence-corrected chi connectivity index (χ2v) is 14.2. The summed E-state index contributed by atoms with van der Waals surface area (Å²) in [5.41, 5.74) is 5.51. The Kier molecular flexibility index (Phi) is 17.5. The monoisotopic (exact) mass is 751 g/mol. The van der Waals surface area contributed by atoms with Gasteiger partial charge in [-0.15, -0.1) is 0 Å². The van der Waals surface area contributed by atoms with Gasteiger partial charge in [0.1, 0.15) is 11.3 Å². The lowest BCUT2D eigenvalue weighted by atomic mass is 9.83. The highest BCUT2D eigenvalue weighted by molar-refractivity contribution is 14.1. The van der Waals surface area contributed by atoms with Gasteiger partial charge in [0.2, 0.25) is 0 Å². The van der Waals surface area contributed by atoms with Crippen LogP contribution in [0.15, 0.2) is 70.5 Å². The average Bonchev–Trinajstić information content (AvgIpc) is 3.26. The molecule has 0 radical (unpaired) electrons. The number of aromatic hydroxyl groups is 1. The predicted octanol–water partition coefficient (Wildman–Crippen LogP) is 13.0. The molecule has 0 unspecified atom stereocenters. The SMILES string of the molecule is CCCCCCCCCCCCCCCCCCN1/C(=C/C=C/c2ccc(O)c(C(=O)O)c2)C(C)(C)c2cc(/C=C\C=C/I)ccc21. The molecule has 4 nitrogen and oxygen atoms in total. The van der Waals surface area contributed by atoms with Gasteiger partial charge in [0.25, 0.3) is 0 Å². The fourth-order valence-corrected chi connectivity index (χ4v) is 6.88. The number of carbonyl (C=O) groups is 1. The number of halogens is 1. The van der Waals surface area contributed by atoms with Gasteiger partial charge in [0.05, 0.1) is 0 Å². The van der Waals surface area contributed by atoms with E-state index >= 15 is 0 Å². The van der Waals surface area contributed by atoms with Crippen molar-refractivity contribution in [2.45, 2.75) is 129 Å². The Balaban J connectivity index is 1.55. The van der Waals surface area contributed by atoms with E-state index in [1.165, 1.54) is 131 Å². The van der Waals surface area contributed by atoms with Crippen molar-refractivity contribution in [1.29, 1.82) is 0 Å². The third-order valence-corrected chi connectivity index (χ3v) is 9.83. The molecule has 5 heteroatoms. The first-order chi connectivity index (χ1) is 22.8. The molecule has 1 aliphatic rings. The van der Waals surface area contributed by atoms with Crippen LogP contribution in [-0.4, -0.2) is 22.7 Å². The minimum atomic E-state index is -1.13. The van der Waals surface area contributed by atoms with Gasteiger partial charge in [-0.05, 0) is 57.5 Å². The molecule has 2 aromatic rings. The van der Waals surface area contributed by atoms with Crippen LogP contribution in [-0.2, 0) is 5.41 Å². The van der Waals surface area contributed by atoms with E-state index in [9.17, 15) is 15.0 Å². The van der Waals surface area contributed by atoms with E-state index in [2.05, 4.69) is 84.7 Å². The maximum absolute atomic E-state index is 11.5. The van der Waals surface area contributed by atoms with Crippen molar-refractivity contribution in [2.75, 3.05) is 11.4 Å². The van der Waals surface area contributed by atoms with Crippen molar-refractivity contribution in [3.63, 3.8) is 0 Å². The minimum absolute atomic E-state index is 0.0866. The lowest BCUT2D eigenvalue weighted by molar-refractivity contribution is 0.0693. The largest absolute Gasteiger partial charge is 0.507 e. The number of benzene rings is 2. The van der Waals surface area contributed by atoms with E-state index in [1.54, 1.807) is 6.07 Å². The number of unbranched alkanes of at least 4 members (excludes halogenated alkanes) is 15. The Morgan fingerprint density at radius 2 is 1.28 bits per heavy atom. The van der Waals surface area contributed by atoms with Crippen molar-refractivity contribution in [3.05, 3.63) is 92.7 Å². The average molecular weight is 752 g/mol. The molecule has 0 fully saturated rings. The van der Waals surface area contributed by atoms with Crippen molar-refractivity contribution >= 4 is 46.4 Å². The van der Waals surface area contributed by atoms with Gasteiger partial charge < -0.3 is 15.1 Å². The summed E-state index contributed by atoms with van der Waals surface area (Å²) in [6.45, 7) is 7.85. The van der Waals surface area contributed by atoms with E-state index in [0.717, 1.165) is 18.5 Å². The molecule has 2 aromatic carbocycles. The molecule has 0 aromatic heterocycles. The molecule has 1 aliphatic heterocycles. The highest BCUT2D eigenvalue weighted by atomic mass is 127.